The van der Waals surface area contributed by atoms with E-state index in [4.69, 9.17) is 5.11 Å². The molecule has 1 aromatic rings. The number of unbranched alkanes of at least 4 members (excludes halogenated alkanes) is 2. The number of rotatable bonds is 9. The highest BCUT2D eigenvalue weighted by atomic mass is 32.2. The molecule has 1 rings (SSSR count). The summed E-state index contributed by atoms with van der Waals surface area (Å²) >= 11 is 1.79. The van der Waals surface area contributed by atoms with Crippen LogP contribution in [0.4, 0.5) is 11.4 Å². The van der Waals surface area contributed by atoms with Crippen LogP contribution in [0, 0.1) is 10.1 Å². The van der Waals surface area contributed by atoms with Crippen LogP contribution in [-0.2, 0) is 0 Å². The van der Waals surface area contributed by atoms with Crippen molar-refractivity contribution in [2.45, 2.75) is 19.3 Å². The third-order valence-electron chi connectivity index (χ3n) is 2.79. The summed E-state index contributed by atoms with van der Waals surface area (Å²) in [6, 6.07) is 4.28. The Kier molecular flexibility index (Phi) is 6.86. The minimum absolute atomic E-state index is 0.264. The molecule has 0 aliphatic heterocycles. The summed E-state index contributed by atoms with van der Waals surface area (Å²) in [4.78, 5) is 21.4. The van der Waals surface area contributed by atoms with Gasteiger partial charge in [-0.2, -0.15) is 11.8 Å². The number of nitrogens with zero attached hydrogens (tertiary/aromatic N) is 1. The molecule has 0 aromatic heterocycles. The fraction of sp³-hybridized carbons (Fsp3) is 0.462. The highest BCUT2D eigenvalue weighted by Crippen LogP contribution is 2.28. The molecule has 0 aliphatic rings. The van der Waals surface area contributed by atoms with Gasteiger partial charge >= 0.3 is 11.7 Å². The molecule has 0 aliphatic carbocycles. The third-order valence-corrected chi connectivity index (χ3v) is 3.49. The predicted molar refractivity (Wildman–Crippen MR) is 80.8 cm³/mol. The number of aromatic carboxylic acids is 1. The van der Waals surface area contributed by atoms with Crippen molar-refractivity contribution >= 4 is 29.1 Å². The topological polar surface area (TPSA) is 92.5 Å². The second kappa shape index (κ2) is 8.42. The molecule has 0 unspecified atom stereocenters. The van der Waals surface area contributed by atoms with Crippen molar-refractivity contribution in [1.82, 2.24) is 0 Å². The SMILES string of the molecule is CSCCCCCNc1cccc(C(=O)O)c1[N+](=O)[O-]. The van der Waals surface area contributed by atoms with E-state index in [9.17, 15) is 14.9 Å². The molecule has 0 fully saturated rings. The molecular formula is C13H18N2O4S. The Morgan fingerprint density at radius 1 is 1.40 bits per heavy atom. The standard InChI is InChI=1S/C13H18N2O4S/c1-20-9-4-2-3-8-14-11-7-5-6-10(13(16)17)12(11)15(18)19/h5-7,14H,2-4,8-9H2,1H3,(H,16,17). The molecule has 2 N–H and O–H groups in total. The van der Waals surface area contributed by atoms with Gasteiger partial charge in [0.05, 0.1) is 4.92 Å². The molecule has 0 heterocycles. The van der Waals surface area contributed by atoms with Gasteiger partial charge in [-0.25, -0.2) is 4.79 Å². The van der Waals surface area contributed by atoms with Gasteiger partial charge in [0.2, 0.25) is 0 Å². The zero-order valence-electron chi connectivity index (χ0n) is 11.3. The van der Waals surface area contributed by atoms with Crippen molar-refractivity contribution < 1.29 is 14.8 Å². The molecule has 0 saturated heterocycles. The summed E-state index contributed by atoms with van der Waals surface area (Å²) in [6.45, 7) is 0.596. The molecule has 0 bridgehead atoms. The fourth-order valence-electron chi connectivity index (χ4n) is 1.83. The molecule has 0 amide bonds. The quantitative estimate of drug-likeness (QED) is 0.413. The van der Waals surface area contributed by atoms with E-state index in [2.05, 4.69) is 11.6 Å². The number of benzene rings is 1. The first-order chi connectivity index (χ1) is 9.57. The molecule has 110 valence electrons. The first-order valence-electron chi connectivity index (χ1n) is 6.31. The molecule has 0 radical (unpaired) electrons. The third kappa shape index (κ3) is 4.73. The summed E-state index contributed by atoms with van der Waals surface area (Å²) < 4.78 is 0. The number of nitrogens with one attached hydrogen (secondary N) is 1. The lowest BCUT2D eigenvalue weighted by Crippen LogP contribution is -2.08. The minimum Gasteiger partial charge on any atom is -0.477 e. The van der Waals surface area contributed by atoms with E-state index >= 15 is 0 Å². The second-order valence-electron chi connectivity index (χ2n) is 4.24. The summed E-state index contributed by atoms with van der Waals surface area (Å²) in [5.41, 5.74) is -0.397. The van der Waals surface area contributed by atoms with Gasteiger partial charge in [-0.05, 0) is 37.0 Å². The van der Waals surface area contributed by atoms with Gasteiger partial charge in [-0.3, -0.25) is 10.1 Å². The fourth-order valence-corrected chi connectivity index (χ4v) is 2.32. The van der Waals surface area contributed by atoms with E-state index in [-0.39, 0.29) is 16.9 Å². The smallest absolute Gasteiger partial charge is 0.342 e. The van der Waals surface area contributed by atoms with E-state index in [0.29, 0.717) is 6.54 Å². The Morgan fingerprint density at radius 2 is 2.15 bits per heavy atom. The van der Waals surface area contributed by atoms with Crippen LogP contribution in [-0.4, -0.2) is 34.6 Å². The minimum atomic E-state index is -1.29. The van der Waals surface area contributed by atoms with Crippen molar-refractivity contribution in [2.75, 3.05) is 23.9 Å². The Balaban J connectivity index is 2.67. The number of nitro groups is 1. The van der Waals surface area contributed by atoms with Crippen LogP contribution >= 0.6 is 11.8 Å². The summed E-state index contributed by atoms with van der Waals surface area (Å²) in [6.07, 6.45) is 5.11. The summed E-state index contributed by atoms with van der Waals surface area (Å²) in [5.74, 6) is -0.186. The lowest BCUT2D eigenvalue weighted by molar-refractivity contribution is -0.384. The van der Waals surface area contributed by atoms with E-state index in [1.807, 2.05) is 0 Å². The van der Waals surface area contributed by atoms with Crippen molar-refractivity contribution in [2.24, 2.45) is 0 Å². The molecule has 0 atom stereocenters. The number of para-hydroxylation sites is 1. The first kappa shape index (κ1) is 16.3. The van der Waals surface area contributed by atoms with E-state index in [1.165, 1.54) is 18.2 Å². The molecule has 1 aromatic carbocycles. The number of anilines is 1. The van der Waals surface area contributed by atoms with Crippen molar-refractivity contribution in [3.05, 3.63) is 33.9 Å². The normalized spacial score (nSPS) is 10.2. The van der Waals surface area contributed by atoms with Crippen molar-refractivity contribution in [3.8, 4) is 0 Å². The first-order valence-corrected chi connectivity index (χ1v) is 7.70. The number of hydrogen-bond donors (Lipinski definition) is 2. The molecule has 6 nitrogen and oxygen atoms in total. The summed E-state index contributed by atoms with van der Waals surface area (Å²) in [5, 5.41) is 22.9. The maximum Gasteiger partial charge on any atom is 0.342 e. The van der Waals surface area contributed by atoms with Gasteiger partial charge in [0.25, 0.3) is 0 Å². The molecule has 7 heteroatoms. The number of carbonyl (C=O) groups is 1. The monoisotopic (exact) mass is 298 g/mol. The van der Waals surface area contributed by atoms with Crippen LogP contribution in [0.25, 0.3) is 0 Å². The average Bonchev–Trinajstić information content (AvgIpc) is 2.42. The molecule has 0 spiro atoms. The second-order valence-corrected chi connectivity index (χ2v) is 5.23. The van der Waals surface area contributed by atoms with Gasteiger partial charge in [0.1, 0.15) is 11.3 Å². The van der Waals surface area contributed by atoms with Crippen LogP contribution in [0.3, 0.4) is 0 Å². The lowest BCUT2D eigenvalue weighted by Gasteiger charge is -2.08. The number of hydrogen-bond acceptors (Lipinski definition) is 5. The maximum absolute atomic E-state index is 11.0. The van der Waals surface area contributed by atoms with Gasteiger partial charge in [-0.1, -0.05) is 12.5 Å². The van der Waals surface area contributed by atoms with Gasteiger partial charge in [0.15, 0.2) is 0 Å². The van der Waals surface area contributed by atoms with E-state index in [1.54, 1.807) is 11.8 Å². The zero-order chi connectivity index (χ0) is 15.0. The Bertz CT molecular complexity index is 479. The highest BCUT2D eigenvalue weighted by molar-refractivity contribution is 7.98. The Hall–Kier alpha value is -1.76. The van der Waals surface area contributed by atoms with Gasteiger partial charge < -0.3 is 10.4 Å². The number of carboxylic acids is 1. The van der Waals surface area contributed by atoms with Crippen LogP contribution in [0.5, 0.6) is 0 Å². The van der Waals surface area contributed by atoms with Crippen LogP contribution in [0.2, 0.25) is 0 Å². The highest BCUT2D eigenvalue weighted by Gasteiger charge is 2.23. The maximum atomic E-state index is 11.0. The van der Waals surface area contributed by atoms with Gasteiger partial charge in [0, 0.05) is 6.54 Å². The summed E-state index contributed by atoms with van der Waals surface area (Å²) in [7, 11) is 0. The molecular weight excluding hydrogens is 280 g/mol. The van der Waals surface area contributed by atoms with Crippen molar-refractivity contribution in [1.29, 1.82) is 0 Å². The molecule has 0 saturated carbocycles. The van der Waals surface area contributed by atoms with E-state index < -0.39 is 10.9 Å². The number of thioether (sulfide) groups is 1. The predicted octanol–water partition coefficient (Wildman–Crippen LogP) is 3.24. The van der Waals surface area contributed by atoms with Crippen LogP contribution < -0.4 is 5.32 Å². The van der Waals surface area contributed by atoms with Crippen LogP contribution in [0.15, 0.2) is 18.2 Å². The Morgan fingerprint density at radius 3 is 2.75 bits per heavy atom. The Labute approximate surface area is 121 Å². The van der Waals surface area contributed by atoms with Gasteiger partial charge in [-0.15, -0.1) is 0 Å². The lowest BCUT2D eigenvalue weighted by atomic mass is 10.1. The largest absolute Gasteiger partial charge is 0.477 e. The average molecular weight is 298 g/mol. The zero-order valence-corrected chi connectivity index (χ0v) is 12.1. The van der Waals surface area contributed by atoms with E-state index in [0.717, 1.165) is 25.0 Å². The number of carboxylic acid groups (broad SMARTS) is 1. The molecule has 20 heavy (non-hydrogen) atoms. The van der Waals surface area contributed by atoms with Crippen LogP contribution in [0.1, 0.15) is 29.6 Å². The van der Waals surface area contributed by atoms with Crippen molar-refractivity contribution in [3.63, 3.8) is 0 Å². The number of nitro benzene ring substituents is 1.